The first-order valence-electron chi connectivity index (χ1n) is 11.9. The first kappa shape index (κ1) is 22.5. The number of aliphatic hydroxyl groups excluding tert-OH is 4. The summed E-state index contributed by atoms with van der Waals surface area (Å²) in [5.41, 5.74) is 2.70. The molecule has 0 radical (unpaired) electrons. The van der Waals surface area contributed by atoms with E-state index in [2.05, 4.69) is 13.0 Å². The molecule has 0 aromatic heterocycles. The van der Waals surface area contributed by atoms with Gasteiger partial charge in [0, 0.05) is 0 Å². The average molecular weight is 451 g/mol. The third-order valence-corrected chi connectivity index (χ3v) is 9.00. The monoisotopic (exact) mass is 450 g/mol. The molecule has 8 heteroatoms. The van der Waals surface area contributed by atoms with Gasteiger partial charge in [-0.2, -0.15) is 0 Å². The highest BCUT2D eigenvalue weighted by molar-refractivity contribution is 5.73. The van der Waals surface area contributed by atoms with Gasteiger partial charge in [-0.1, -0.05) is 24.6 Å². The highest BCUT2D eigenvalue weighted by Crippen LogP contribution is 2.61. The van der Waals surface area contributed by atoms with Gasteiger partial charge in [-0.25, -0.2) is 4.79 Å². The predicted octanol–water partition coefficient (Wildman–Crippen LogP) is 1.12. The molecule has 178 valence electrons. The van der Waals surface area contributed by atoms with Crippen LogP contribution in [0.2, 0.25) is 0 Å². The van der Waals surface area contributed by atoms with Crippen LogP contribution in [0.5, 0.6) is 0 Å². The molecule has 0 aromatic rings. The molecule has 5 aliphatic rings. The maximum absolute atomic E-state index is 11.4. The molecule has 0 amide bonds. The zero-order valence-electron chi connectivity index (χ0n) is 18.3. The molecular weight excluding hydrogens is 416 g/mol. The second-order valence-corrected chi connectivity index (χ2v) is 10.6. The van der Waals surface area contributed by atoms with E-state index >= 15 is 0 Å². The summed E-state index contributed by atoms with van der Waals surface area (Å²) in [6, 6.07) is 0. The first-order chi connectivity index (χ1) is 15.2. The lowest BCUT2D eigenvalue weighted by atomic mass is 9.54. The van der Waals surface area contributed by atoms with E-state index in [1.807, 2.05) is 6.08 Å². The van der Waals surface area contributed by atoms with E-state index in [9.17, 15) is 30.3 Å². The Balaban J connectivity index is 1.32. The van der Waals surface area contributed by atoms with Crippen LogP contribution < -0.4 is 0 Å². The molecular formula is C24H34O8. The van der Waals surface area contributed by atoms with E-state index in [0.29, 0.717) is 17.8 Å². The number of rotatable bonds is 3. The molecule has 0 aromatic carbocycles. The quantitative estimate of drug-likeness (QED) is 0.431. The predicted molar refractivity (Wildman–Crippen MR) is 112 cm³/mol. The molecule has 1 heterocycles. The zero-order valence-corrected chi connectivity index (χ0v) is 18.3. The fourth-order valence-electron chi connectivity index (χ4n) is 7.32. The van der Waals surface area contributed by atoms with Gasteiger partial charge in [-0.3, -0.25) is 0 Å². The summed E-state index contributed by atoms with van der Waals surface area (Å²) in [6.07, 6.45) is 2.29. The third kappa shape index (κ3) is 3.47. The van der Waals surface area contributed by atoms with Crippen molar-refractivity contribution in [1.29, 1.82) is 0 Å². The normalized spacial score (nSPS) is 50.5. The number of aliphatic hydroxyl groups is 4. The molecule has 5 rings (SSSR count). The van der Waals surface area contributed by atoms with E-state index in [4.69, 9.17) is 9.47 Å². The molecule has 3 fully saturated rings. The summed E-state index contributed by atoms with van der Waals surface area (Å²) >= 11 is 0. The van der Waals surface area contributed by atoms with Crippen molar-refractivity contribution in [3.05, 3.63) is 23.3 Å². The Morgan fingerprint density at radius 2 is 1.88 bits per heavy atom. The van der Waals surface area contributed by atoms with E-state index in [1.165, 1.54) is 11.1 Å². The smallest absolute Gasteiger partial charge is 0.335 e. The Kier molecular flexibility index (Phi) is 5.75. The number of hydrogen-bond acceptors (Lipinski definition) is 7. The van der Waals surface area contributed by atoms with E-state index in [0.717, 1.165) is 44.9 Å². The molecule has 32 heavy (non-hydrogen) atoms. The third-order valence-electron chi connectivity index (χ3n) is 9.00. The average Bonchev–Trinajstić information content (AvgIpc) is 3.09. The number of allylic oxidation sites excluding steroid dienone is 2. The van der Waals surface area contributed by atoms with Crippen LogP contribution in [0.1, 0.15) is 51.9 Å². The second kappa shape index (κ2) is 8.18. The number of carbonyl (C=O) groups is 1. The lowest BCUT2D eigenvalue weighted by Gasteiger charge is -2.52. The van der Waals surface area contributed by atoms with Crippen LogP contribution in [0.3, 0.4) is 0 Å². The van der Waals surface area contributed by atoms with Crippen LogP contribution in [0.25, 0.3) is 0 Å². The first-order valence-corrected chi connectivity index (χ1v) is 11.9. The minimum Gasteiger partial charge on any atom is -0.479 e. The fourth-order valence-corrected chi connectivity index (χ4v) is 7.32. The number of ether oxygens (including phenoxy) is 2. The van der Waals surface area contributed by atoms with Gasteiger partial charge in [0.05, 0.1) is 12.2 Å². The van der Waals surface area contributed by atoms with Gasteiger partial charge in [0.15, 0.2) is 12.4 Å². The largest absolute Gasteiger partial charge is 0.479 e. The highest BCUT2D eigenvalue weighted by atomic mass is 16.7. The van der Waals surface area contributed by atoms with Gasteiger partial charge in [0.1, 0.15) is 18.3 Å². The zero-order chi connectivity index (χ0) is 22.8. The minimum atomic E-state index is -1.71. The van der Waals surface area contributed by atoms with Crippen molar-refractivity contribution in [1.82, 2.24) is 0 Å². The summed E-state index contributed by atoms with van der Waals surface area (Å²) in [6.45, 7) is 2.23. The van der Waals surface area contributed by atoms with Crippen LogP contribution in [0.4, 0.5) is 0 Å². The van der Waals surface area contributed by atoms with Crippen LogP contribution in [0, 0.1) is 23.2 Å². The second-order valence-electron chi connectivity index (χ2n) is 10.6. The number of carboxylic acids is 1. The molecule has 11 atom stereocenters. The lowest BCUT2D eigenvalue weighted by Crippen LogP contribution is -2.61. The van der Waals surface area contributed by atoms with Gasteiger partial charge in [0.25, 0.3) is 0 Å². The number of carboxylic acid groups (broad SMARTS) is 1. The Morgan fingerprint density at radius 3 is 2.62 bits per heavy atom. The van der Waals surface area contributed by atoms with Gasteiger partial charge in [-0.15, -0.1) is 0 Å². The maximum Gasteiger partial charge on any atom is 0.335 e. The van der Waals surface area contributed by atoms with Gasteiger partial charge in [0.2, 0.25) is 0 Å². The Hall–Kier alpha value is -1.29. The summed E-state index contributed by atoms with van der Waals surface area (Å²) in [5.74, 6) is 0.0960. The standard InChI is InChI=1S/C24H34O8/c1-24-9-8-14-13-5-3-12(25)10-11(13)2-4-15(14)16(24)6-7-17(24)31-23-20(28)18(26)19(27)21(32-23)22(29)30/h3,5,12,14-21,23,25-28H,2,4,6-10H2,1H3,(H,29,30)/t12?,14-,15-,16+,17+,18+,19+,20-,21+,23?,24+/m1/s1. The number of hydrogen-bond donors (Lipinski definition) is 5. The van der Waals surface area contributed by atoms with Crippen LogP contribution >= 0.6 is 0 Å². The topological polar surface area (TPSA) is 137 Å². The van der Waals surface area contributed by atoms with E-state index in [1.54, 1.807) is 0 Å². The molecule has 4 aliphatic carbocycles. The van der Waals surface area contributed by atoms with E-state index in [-0.39, 0.29) is 17.6 Å². The van der Waals surface area contributed by atoms with Crippen molar-refractivity contribution in [2.45, 2.75) is 94.8 Å². The van der Waals surface area contributed by atoms with Crippen molar-refractivity contribution < 1.29 is 39.8 Å². The Morgan fingerprint density at radius 1 is 1.09 bits per heavy atom. The number of fused-ring (bicyclic) bond motifs is 4. The summed E-state index contributed by atoms with van der Waals surface area (Å²) < 4.78 is 11.6. The van der Waals surface area contributed by atoms with Gasteiger partial charge in [-0.05, 0) is 73.7 Å². The molecule has 1 aliphatic heterocycles. The lowest BCUT2D eigenvalue weighted by molar-refractivity contribution is -0.312. The molecule has 1 saturated heterocycles. The molecule has 0 spiro atoms. The molecule has 0 bridgehead atoms. The van der Waals surface area contributed by atoms with Crippen molar-refractivity contribution in [3.63, 3.8) is 0 Å². The molecule has 8 nitrogen and oxygen atoms in total. The van der Waals surface area contributed by atoms with Crippen LogP contribution in [-0.2, 0) is 14.3 Å². The van der Waals surface area contributed by atoms with Crippen molar-refractivity contribution in [2.24, 2.45) is 23.2 Å². The Bertz CT molecular complexity index is 823. The SMILES string of the molecule is C[C@]12CC[C@@H]3C4=C(CC[C@H]3[C@@H]1CC[C@@H]2OC1O[C@H](C(=O)O)[C@@H](O)[C@H](O)[C@H]1O)CC(O)C=C4. The van der Waals surface area contributed by atoms with Crippen LogP contribution in [0.15, 0.2) is 23.3 Å². The van der Waals surface area contributed by atoms with Crippen LogP contribution in [-0.4, -0.2) is 74.4 Å². The van der Waals surface area contributed by atoms with Gasteiger partial charge < -0.3 is 35.0 Å². The molecule has 2 saturated carbocycles. The van der Waals surface area contributed by atoms with E-state index < -0.39 is 36.7 Å². The highest BCUT2D eigenvalue weighted by Gasteiger charge is 2.57. The van der Waals surface area contributed by atoms with Gasteiger partial charge >= 0.3 is 5.97 Å². The summed E-state index contributed by atoms with van der Waals surface area (Å²) in [4.78, 5) is 11.4. The van der Waals surface area contributed by atoms with Crippen molar-refractivity contribution >= 4 is 5.97 Å². The molecule has 2 unspecified atom stereocenters. The summed E-state index contributed by atoms with van der Waals surface area (Å²) in [7, 11) is 0. The minimum absolute atomic E-state index is 0.125. The Labute approximate surface area is 187 Å². The summed E-state index contributed by atoms with van der Waals surface area (Å²) in [5, 5.41) is 49.8. The van der Waals surface area contributed by atoms with Crippen molar-refractivity contribution in [3.8, 4) is 0 Å². The maximum atomic E-state index is 11.4. The van der Waals surface area contributed by atoms with Crippen molar-refractivity contribution in [2.75, 3.05) is 0 Å². The fraction of sp³-hybridized carbons (Fsp3) is 0.792. The molecule has 5 N–H and O–H groups in total. The number of aliphatic carboxylic acids is 1.